The molecular weight excluding hydrogens is 640 g/mol. The first-order chi connectivity index (χ1) is 21.9. The second-order valence-electron chi connectivity index (χ2n) is 10.3. The quantitative estimate of drug-likeness (QED) is 0.181. The molecule has 0 unspecified atom stereocenters. The Morgan fingerprint density at radius 2 is 0.702 bits per heavy atom. The maximum absolute atomic E-state index is 12.3. The van der Waals surface area contributed by atoms with Gasteiger partial charge in [0.1, 0.15) is 31.5 Å². The van der Waals surface area contributed by atoms with Crippen molar-refractivity contribution in [2.24, 2.45) is 0 Å². The first-order valence-corrected chi connectivity index (χ1v) is 14.2. The van der Waals surface area contributed by atoms with Gasteiger partial charge in [0.25, 0.3) is 0 Å². The zero-order chi connectivity index (χ0) is 35.6. The number of carbonyl (C=O) groups is 8. The minimum atomic E-state index is -1.83. The van der Waals surface area contributed by atoms with E-state index in [0.717, 1.165) is 55.4 Å². The van der Waals surface area contributed by atoms with Crippen LogP contribution in [0.4, 0.5) is 0 Å². The molecule has 264 valence electrons. The molecule has 0 bridgehead atoms. The molecule has 0 aromatic carbocycles. The van der Waals surface area contributed by atoms with Crippen LogP contribution in [0.2, 0.25) is 0 Å². The van der Waals surface area contributed by atoms with E-state index in [0.29, 0.717) is 0 Å². The number of carbonyl (C=O) groups excluding carboxylic acids is 8. The van der Waals surface area contributed by atoms with E-state index in [2.05, 4.69) is 0 Å². The predicted octanol–water partition coefficient (Wildman–Crippen LogP) is -0.831. The molecule has 0 amide bonds. The smallest absolute Gasteiger partial charge is 0.305 e. The summed E-state index contributed by atoms with van der Waals surface area (Å²) in [6.07, 6.45) is -16.3. The van der Waals surface area contributed by atoms with Gasteiger partial charge in [-0.1, -0.05) is 0 Å². The lowest BCUT2D eigenvalue weighted by atomic mass is 9.96. The summed E-state index contributed by atoms with van der Waals surface area (Å²) in [4.78, 5) is 96.3. The molecule has 2 heterocycles. The van der Waals surface area contributed by atoms with Crippen LogP contribution < -0.4 is 0 Å². The van der Waals surface area contributed by atoms with E-state index in [-0.39, 0.29) is 0 Å². The zero-order valence-corrected chi connectivity index (χ0v) is 26.9. The van der Waals surface area contributed by atoms with Crippen molar-refractivity contribution in [2.75, 3.05) is 13.2 Å². The molecule has 0 radical (unpaired) electrons. The van der Waals surface area contributed by atoms with Gasteiger partial charge in [-0.2, -0.15) is 0 Å². The van der Waals surface area contributed by atoms with Crippen LogP contribution in [0.15, 0.2) is 0 Å². The van der Waals surface area contributed by atoms with Crippen LogP contribution in [0.25, 0.3) is 0 Å². The third kappa shape index (κ3) is 12.1. The maximum Gasteiger partial charge on any atom is 0.305 e. The largest absolute Gasteiger partial charge is 0.463 e. The molecule has 10 atom stereocenters. The van der Waals surface area contributed by atoms with Gasteiger partial charge in [-0.15, -0.1) is 0 Å². The van der Waals surface area contributed by atoms with E-state index in [1.165, 1.54) is 0 Å². The van der Waals surface area contributed by atoms with Crippen molar-refractivity contribution >= 4 is 47.8 Å². The number of ether oxygens (including phenoxy) is 11. The molecule has 2 aliphatic heterocycles. The van der Waals surface area contributed by atoms with Gasteiger partial charge in [-0.3, -0.25) is 38.4 Å². The molecule has 2 aliphatic rings. The van der Waals surface area contributed by atoms with E-state index < -0.39 is 122 Å². The molecule has 2 saturated heterocycles. The van der Waals surface area contributed by atoms with Crippen LogP contribution >= 0.6 is 0 Å². The van der Waals surface area contributed by atoms with Crippen molar-refractivity contribution in [2.45, 2.75) is 117 Å². The monoisotopic (exact) mass is 678 g/mol. The fourth-order valence-corrected chi connectivity index (χ4v) is 4.73. The van der Waals surface area contributed by atoms with Crippen LogP contribution in [-0.2, 0) is 90.5 Å². The molecule has 0 N–H and O–H groups in total. The molecule has 47 heavy (non-hydrogen) atoms. The molecule has 2 fully saturated rings. The maximum atomic E-state index is 12.3. The normalized spacial score (nSPS) is 30.0. The standard InChI is InChI=1S/C28H38O19/c1-11(29)37-9-19-21(39-13(3)31)23(40-14(4)32)26(43-17(7)35)28(46-19)47-22-20(10-38-12(2)30)45-27(44-18(8)36)25(42-16(6)34)24(22)41-15(5)33/h19-28H,9-10H2,1-8H3/t19-,20+,21-,22+,23+,24-,25+,26-,27-,28+/m0/s1. The van der Waals surface area contributed by atoms with Crippen molar-refractivity contribution < 1.29 is 90.5 Å². The van der Waals surface area contributed by atoms with Crippen LogP contribution in [0.3, 0.4) is 0 Å². The predicted molar refractivity (Wildman–Crippen MR) is 145 cm³/mol. The van der Waals surface area contributed by atoms with Crippen LogP contribution in [-0.4, -0.2) is 122 Å². The first kappa shape index (κ1) is 38.8. The van der Waals surface area contributed by atoms with E-state index in [4.69, 9.17) is 52.1 Å². The van der Waals surface area contributed by atoms with Crippen LogP contribution in [0.1, 0.15) is 55.4 Å². The van der Waals surface area contributed by atoms with Gasteiger partial charge in [0.15, 0.2) is 30.7 Å². The average Bonchev–Trinajstić information content (AvgIpc) is 2.91. The minimum Gasteiger partial charge on any atom is -0.463 e. The van der Waals surface area contributed by atoms with Gasteiger partial charge < -0.3 is 52.1 Å². The molecule has 2 rings (SSSR count). The van der Waals surface area contributed by atoms with Crippen LogP contribution in [0, 0.1) is 0 Å². The summed E-state index contributed by atoms with van der Waals surface area (Å²) in [5, 5.41) is 0. The Hall–Kier alpha value is -4.36. The Morgan fingerprint density at radius 3 is 1.11 bits per heavy atom. The Bertz CT molecular complexity index is 1200. The van der Waals surface area contributed by atoms with Gasteiger partial charge in [-0.05, 0) is 0 Å². The fraction of sp³-hybridized carbons (Fsp3) is 0.714. The fourth-order valence-electron chi connectivity index (χ4n) is 4.73. The van der Waals surface area contributed by atoms with Crippen molar-refractivity contribution in [3.63, 3.8) is 0 Å². The lowest BCUT2D eigenvalue weighted by Gasteiger charge is -2.48. The SMILES string of the molecule is CC(=O)OC[C@@H]1O[C@H](O[C@H]2[C@H](OC(C)=O)[C@@H](OC(C)=O)[C@@H](OC(C)=O)O[C@@H]2COC(C)=O)[C@@H](OC(C)=O)[C@H](OC(C)=O)[C@H]1OC(C)=O. The molecule has 0 spiro atoms. The molecule has 0 aromatic rings. The Morgan fingerprint density at radius 1 is 0.383 bits per heavy atom. The van der Waals surface area contributed by atoms with Crippen molar-refractivity contribution in [3.05, 3.63) is 0 Å². The van der Waals surface area contributed by atoms with Crippen molar-refractivity contribution in [1.82, 2.24) is 0 Å². The zero-order valence-electron chi connectivity index (χ0n) is 26.9. The summed E-state index contributed by atoms with van der Waals surface area (Å²) in [7, 11) is 0. The highest BCUT2D eigenvalue weighted by molar-refractivity contribution is 5.70. The number of hydrogen-bond donors (Lipinski definition) is 0. The second kappa shape index (κ2) is 17.5. The van der Waals surface area contributed by atoms with E-state index in [9.17, 15) is 38.4 Å². The summed E-state index contributed by atoms with van der Waals surface area (Å²) in [6.45, 7) is 7.05. The van der Waals surface area contributed by atoms with E-state index >= 15 is 0 Å². The Kier molecular flexibility index (Phi) is 14.5. The van der Waals surface area contributed by atoms with Crippen molar-refractivity contribution in [1.29, 1.82) is 0 Å². The number of hydrogen-bond acceptors (Lipinski definition) is 19. The third-order valence-corrected chi connectivity index (χ3v) is 6.17. The minimum absolute atomic E-state index is 0.590. The topological polar surface area (TPSA) is 238 Å². The second-order valence-corrected chi connectivity index (χ2v) is 10.3. The molecular formula is C28H38O19. The molecule has 19 nitrogen and oxygen atoms in total. The number of esters is 8. The highest BCUT2D eigenvalue weighted by Gasteiger charge is 2.58. The summed E-state index contributed by atoms with van der Waals surface area (Å²) in [5.41, 5.74) is 0. The van der Waals surface area contributed by atoms with E-state index in [1.54, 1.807) is 0 Å². The highest BCUT2D eigenvalue weighted by atomic mass is 16.8. The molecule has 19 heteroatoms. The van der Waals surface area contributed by atoms with Gasteiger partial charge >= 0.3 is 47.8 Å². The highest BCUT2D eigenvalue weighted by Crippen LogP contribution is 2.35. The van der Waals surface area contributed by atoms with Gasteiger partial charge in [-0.25, -0.2) is 0 Å². The van der Waals surface area contributed by atoms with Crippen molar-refractivity contribution in [3.8, 4) is 0 Å². The van der Waals surface area contributed by atoms with Gasteiger partial charge in [0, 0.05) is 55.4 Å². The average molecular weight is 679 g/mol. The summed E-state index contributed by atoms with van der Waals surface area (Å²) < 4.78 is 60.2. The van der Waals surface area contributed by atoms with E-state index in [1.807, 2.05) is 0 Å². The first-order valence-electron chi connectivity index (χ1n) is 14.2. The Balaban J connectivity index is 2.73. The van der Waals surface area contributed by atoms with Crippen LogP contribution in [0.5, 0.6) is 0 Å². The third-order valence-electron chi connectivity index (χ3n) is 6.17. The summed E-state index contributed by atoms with van der Waals surface area (Å²) in [5.74, 6) is -7.02. The molecule has 0 aliphatic carbocycles. The lowest BCUT2D eigenvalue weighted by molar-refractivity contribution is -0.357. The lowest BCUT2D eigenvalue weighted by Crippen LogP contribution is -2.67. The Labute approximate surface area is 268 Å². The molecule has 0 saturated carbocycles. The van der Waals surface area contributed by atoms with Gasteiger partial charge in [0.05, 0.1) is 0 Å². The number of rotatable bonds is 12. The summed E-state index contributed by atoms with van der Waals surface area (Å²) >= 11 is 0. The van der Waals surface area contributed by atoms with Gasteiger partial charge in [0.2, 0.25) is 12.4 Å². The summed E-state index contributed by atoms with van der Waals surface area (Å²) in [6, 6.07) is 0. The molecule has 0 aromatic heterocycles.